The van der Waals surface area contributed by atoms with Gasteiger partial charge in [-0.15, -0.1) is 0 Å². The van der Waals surface area contributed by atoms with Crippen LogP contribution in [0.1, 0.15) is 17.1 Å². The van der Waals surface area contributed by atoms with Crippen molar-refractivity contribution in [2.45, 2.75) is 25.3 Å². The third kappa shape index (κ3) is 3.63. The molecule has 1 heterocycles. The van der Waals surface area contributed by atoms with Crippen LogP contribution in [0.3, 0.4) is 0 Å². The summed E-state index contributed by atoms with van der Waals surface area (Å²) in [7, 11) is 1.08. The van der Waals surface area contributed by atoms with Gasteiger partial charge < -0.3 is 4.90 Å². The maximum absolute atomic E-state index is 11.4. The molecule has 0 amide bonds. The molecular weight excluding hydrogens is 270 g/mol. The first-order valence-electron chi connectivity index (χ1n) is 6.41. The molecule has 2 aromatic rings. The number of benzene rings is 1. The summed E-state index contributed by atoms with van der Waals surface area (Å²) >= 11 is 0. The van der Waals surface area contributed by atoms with Gasteiger partial charge in [0.1, 0.15) is 11.6 Å². The molecule has 0 spiro atoms. The number of nitrogens with zero attached hydrogens (tertiary/aromatic N) is 3. The molecule has 0 N–H and O–H groups in total. The van der Waals surface area contributed by atoms with Gasteiger partial charge in [-0.25, -0.2) is 9.97 Å². The minimum atomic E-state index is -0.926. The van der Waals surface area contributed by atoms with Crippen molar-refractivity contribution in [1.29, 1.82) is 0 Å². The summed E-state index contributed by atoms with van der Waals surface area (Å²) in [5.41, 5.74) is 2.13. The normalized spacial score (nSPS) is 12.2. The highest BCUT2D eigenvalue weighted by Crippen LogP contribution is 2.15. The van der Waals surface area contributed by atoms with Crippen LogP contribution in [0, 0.1) is 13.8 Å². The van der Waals surface area contributed by atoms with E-state index >= 15 is 0 Å². The van der Waals surface area contributed by atoms with Crippen LogP contribution in [0.2, 0.25) is 0 Å². The standard InChI is InChI=1S/C15H19N3OS/c1-11-9-15(17-12(2)16-11)18(3)10-13-5-7-14(8-6-13)20(4)19/h5-9H,10H2,1-4H3/t20-/m1/s1. The van der Waals surface area contributed by atoms with Crippen molar-refractivity contribution in [2.75, 3.05) is 18.2 Å². The molecule has 0 bridgehead atoms. The Morgan fingerprint density at radius 3 is 2.35 bits per heavy atom. The Morgan fingerprint density at radius 1 is 1.15 bits per heavy atom. The van der Waals surface area contributed by atoms with Crippen LogP contribution >= 0.6 is 0 Å². The van der Waals surface area contributed by atoms with Crippen LogP contribution in [0.25, 0.3) is 0 Å². The lowest BCUT2D eigenvalue weighted by molar-refractivity contribution is 0.686. The molecule has 0 saturated carbocycles. The Balaban J connectivity index is 2.14. The molecule has 5 heteroatoms. The summed E-state index contributed by atoms with van der Waals surface area (Å²) in [4.78, 5) is 11.7. The van der Waals surface area contributed by atoms with Crippen molar-refractivity contribution in [3.8, 4) is 0 Å². The summed E-state index contributed by atoms with van der Waals surface area (Å²) in [5.74, 6) is 1.70. The molecule has 106 valence electrons. The fourth-order valence-electron chi connectivity index (χ4n) is 2.03. The fraction of sp³-hybridized carbons (Fsp3) is 0.333. The van der Waals surface area contributed by atoms with Gasteiger partial charge in [0.15, 0.2) is 0 Å². The first kappa shape index (κ1) is 14.7. The lowest BCUT2D eigenvalue weighted by Gasteiger charge is -2.19. The van der Waals surface area contributed by atoms with E-state index in [2.05, 4.69) is 14.9 Å². The zero-order chi connectivity index (χ0) is 14.7. The highest BCUT2D eigenvalue weighted by Gasteiger charge is 2.06. The molecule has 20 heavy (non-hydrogen) atoms. The number of aryl methyl sites for hydroxylation is 2. The molecule has 2 rings (SSSR count). The molecule has 0 fully saturated rings. The van der Waals surface area contributed by atoms with Crippen molar-refractivity contribution < 1.29 is 4.21 Å². The minimum absolute atomic E-state index is 0.756. The molecule has 0 unspecified atom stereocenters. The predicted molar refractivity (Wildman–Crippen MR) is 82.4 cm³/mol. The van der Waals surface area contributed by atoms with Gasteiger partial charge in [-0.2, -0.15) is 0 Å². The van der Waals surface area contributed by atoms with E-state index in [4.69, 9.17) is 0 Å². The Hall–Kier alpha value is -1.75. The van der Waals surface area contributed by atoms with E-state index in [-0.39, 0.29) is 0 Å². The van der Waals surface area contributed by atoms with Crippen molar-refractivity contribution in [3.05, 3.63) is 47.4 Å². The zero-order valence-electron chi connectivity index (χ0n) is 12.3. The Labute approximate surface area is 122 Å². The Morgan fingerprint density at radius 2 is 1.80 bits per heavy atom. The van der Waals surface area contributed by atoms with Crippen LogP contribution in [0.5, 0.6) is 0 Å². The predicted octanol–water partition coefficient (Wildman–Crippen LogP) is 2.47. The SMILES string of the molecule is Cc1cc(N(C)Cc2ccc([S@@](C)=O)cc2)nc(C)n1. The molecule has 0 aliphatic heterocycles. The van der Waals surface area contributed by atoms with Crippen LogP contribution in [0.15, 0.2) is 35.2 Å². The second kappa shape index (κ2) is 6.13. The largest absolute Gasteiger partial charge is 0.355 e. The number of anilines is 1. The molecule has 1 aromatic heterocycles. The van der Waals surface area contributed by atoms with Crippen molar-refractivity contribution in [1.82, 2.24) is 9.97 Å². The molecule has 4 nitrogen and oxygen atoms in total. The summed E-state index contributed by atoms with van der Waals surface area (Å²) in [5, 5.41) is 0. The zero-order valence-corrected chi connectivity index (χ0v) is 13.1. The van der Waals surface area contributed by atoms with Crippen molar-refractivity contribution in [2.24, 2.45) is 0 Å². The number of hydrogen-bond acceptors (Lipinski definition) is 4. The number of aromatic nitrogens is 2. The summed E-state index contributed by atoms with van der Waals surface area (Å²) in [6.07, 6.45) is 1.69. The molecule has 0 saturated heterocycles. The fourth-order valence-corrected chi connectivity index (χ4v) is 2.55. The quantitative estimate of drug-likeness (QED) is 0.867. The number of rotatable bonds is 4. The van der Waals surface area contributed by atoms with Crippen LogP contribution in [-0.2, 0) is 17.3 Å². The second-order valence-corrected chi connectivity index (χ2v) is 6.25. The Kier molecular flexibility index (Phi) is 4.49. The van der Waals surface area contributed by atoms with E-state index < -0.39 is 10.8 Å². The third-order valence-electron chi connectivity index (χ3n) is 3.02. The highest BCUT2D eigenvalue weighted by molar-refractivity contribution is 7.84. The van der Waals surface area contributed by atoms with Gasteiger partial charge in [0.05, 0.1) is 0 Å². The van der Waals surface area contributed by atoms with E-state index in [0.717, 1.165) is 34.3 Å². The minimum Gasteiger partial charge on any atom is -0.355 e. The summed E-state index contributed by atoms with van der Waals surface area (Å²) in [6.45, 7) is 4.62. The topological polar surface area (TPSA) is 46.1 Å². The van der Waals surface area contributed by atoms with Crippen LogP contribution in [0.4, 0.5) is 5.82 Å². The van der Waals surface area contributed by atoms with Crippen LogP contribution in [-0.4, -0.2) is 27.5 Å². The number of hydrogen-bond donors (Lipinski definition) is 0. The first-order chi connectivity index (χ1) is 9.45. The van der Waals surface area contributed by atoms with E-state index in [1.807, 2.05) is 51.2 Å². The van der Waals surface area contributed by atoms with E-state index in [0.29, 0.717) is 0 Å². The summed E-state index contributed by atoms with van der Waals surface area (Å²) < 4.78 is 11.4. The van der Waals surface area contributed by atoms with Gasteiger partial charge in [-0.1, -0.05) is 12.1 Å². The van der Waals surface area contributed by atoms with Crippen molar-refractivity contribution in [3.63, 3.8) is 0 Å². The first-order valence-corrected chi connectivity index (χ1v) is 7.97. The van der Waals surface area contributed by atoms with Gasteiger partial charge in [0.2, 0.25) is 0 Å². The molecule has 1 atom stereocenters. The molecule has 0 aliphatic rings. The molecule has 0 aliphatic carbocycles. The smallest absolute Gasteiger partial charge is 0.132 e. The highest BCUT2D eigenvalue weighted by atomic mass is 32.2. The molecule has 0 radical (unpaired) electrons. The monoisotopic (exact) mass is 289 g/mol. The third-order valence-corrected chi connectivity index (χ3v) is 3.95. The van der Waals surface area contributed by atoms with Gasteiger partial charge >= 0.3 is 0 Å². The van der Waals surface area contributed by atoms with E-state index in [9.17, 15) is 4.21 Å². The van der Waals surface area contributed by atoms with Crippen molar-refractivity contribution >= 4 is 16.6 Å². The summed E-state index contributed by atoms with van der Waals surface area (Å²) in [6, 6.07) is 9.82. The van der Waals surface area contributed by atoms with E-state index in [1.165, 1.54) is 0 Å². The van der Waals surface area contributed by atoms with E-state index in [1.54, 1.807) is 6.26 Å². The van der Waals surface area contributed by atoms with Crippen LogP contribution < -0.4 is 4.90 Å². The Bertz CT molecular complexity index is 605. The van der Waals surface area contributed by atoms with Gasteiger partial charge in [0, 0.05) is 47.3 Å². The van der Waals surface area contributed by atoms with Gasteiger partial charge in [-0.3, -0.25) is 4.21 Å². The molecule has 1 aromatic carbocycles. The maximum atomic E-state index is 11.4. The second-order valence-electron chi connectivity index (χ2n) is 4.87. The van der Waals surface area contributed by atoms with Gasteiger partial charge in [0.25, 0.3) is 0 Å². The lowest BCUT2D eigenvalue weighted by atomic mass is 10.2. The van der Waals surface area contributed by atoms with Gasteiger partial charge in [-0.05, 0) is 31.5 Å². The molecular formula is C15H19N3OS. The maximum Gasteiger partial charge on any atom is 0.132 e. The average Bonchev–Trinajstić information content (AvgIpc) is 2.38. The lowest BCUT2D eigenvalue weighted by Crippen LogP contribution is -2.18. The average molecular weight is 289 g/mol.